The van der Waals surface area contributed by atoms with Gasteiger partial charge in [-0.15, -0.1) is 0 Å². The summed E-state index contributed by atoms with van der Waals surface area (Å²) in [5.41, 5.74) is -0.187. The van der Waals surface area contributed by atoms with E-state index in [2.05, 4.69) is 5.32 Å². The van der Waals surface area contributed by atoms with Crippen molar-refractivity contribution >= 4 is 5.69 Å². The first-order chi connectivity index (χ1) is 8.60. The first kappa shape index (κ1) is 12.8. The van der Waals surface area contributed by atoms with E-state index < -0.39 is 10.7 Å². The van der Waals surface area contributed by atoms with Crippen LogP contribution in [0.4, 0.5) is 10.1 Å². The van der Waals surface area contributed by atoms with E-state index in [0.717, 1.165) is 37.6 Å². The average molecular weight is 254 g/mol. The van der Waals surface area contributed by atoms with E-state index in [-0.39, 0.29) is 17.5 Å². The standard InChI is InChI=1S/C12H15FN2O3/c1-14-7-8-4-10(5-8)18-12-6-9(13)2-3-11(12)15(16)17/h2-3,6,8,10,14H,4-5,7H2,1H3. The number of ether oxygens (including phenoxy) is 1. The Kier molecular flexibility index (Phi) is 3.76. The fraction of sp³-hybridized carbons (Fsp3) is 0.500. The smallest absolute Gasteiger partial charge is 0.311 e. The molecule has 0 spiro atoms. The molecule has 0 bridgehead atoms. The van der Waals surface area contributed by atoms with Crippen molar-refractivity contribution < 1.29 is 14.1 Å². The number of nitrogens with zero attached hydrogens (tertiary/aromatic N) is 1. The highest BCUT2D eigenvalue weighted by Crippen LogP contribution is 2.35. The predicted octanol–water partition coefficient (Wildman–Crippen LogP) is 2.11. The summed E-state index contributed by atoms with van der Waals surface area (Å²) in [5, 5.41) is 13.8. The molecule has 1 N–H and O–H groups in total. The lowest BCUT2D eigenvalue weighted by Gasteiger charge is -2.35. The molecule has 1 aliphatic carbocycles. The van der Waals surface area contributed by atoms with Crippen LogP contribution in [-0.2, 0) is 0 Å². The molecule has 0 unspecified atom stereocenters. The minimum Gasteiger partial charge on any atom is -0.483 e. The molecule has 5 nitrogen and oxygen atoms in total. The van der Waals surface area contributed by atoms with Gasteiger partial charge in [-0.25, -0.2) is 4.39 Å². The molecule has 1 saturated carbocycles. The third-order valence-electron chi connectivity index (χ3n) is 3.10. The molecule has 0 aliphatic heterocycles. The Balaban J connectivity index is 2.01. The molecule has 98 valence electrons. The minimum absolute atomic E-state index is 0.0212. The molecular weight excluding hydrogens is 239 g/mol. The van der Waals surface area contributed by atoms with Crippen molar-refractivity contribution in [1.29, 1.82) is 0 Å². The van der Waals surface area contributed by atoms with Gasteiger partial charge < -0.3 is 10.1 Å². The van der Waals surface area contributed by atoms with Gasteiger partial charge in [-0.05, 0) is 38.4 Å². The topological polar surface area (TPSA) is 64.4 Å². The highest BCUT2D eigenvalue weighted by atomic mass is 19.1. The van der Waals surface area contributed by atoms with Crippen molar-refractivity contribution in [2.75, 3.05) is 13.6 Å². The van der Waals surface area contributed by atoms with Gasteiger partial charge in [0.05, 0.1) is 11.0 Å². The first-order valence-electron chi connectivity index (χ1n) is 5.85. The van der Waals surface area contributed by atoms with Crippen molar-refractivity contribution in [2.45, 2.75) is 18.9 Å². The van der Waals surface area contributed by atoms with E-state index in [9.17, 15) is 14.5 Å². The summed E-state index contributed by atoms with van der Waals surface area (Å²) in [7, 11) is 1.88. The van der Waals surface area contributed by atoms with Gasteiger partial charge in [0.15, 0.2) is 5.75 Å². The van der Waals surface area contributed by atoms with Crippen molar-refractivity contribution in [3.63, 3.8) is 0 Å². The Bertz CT molecular complexity index is 447. The summed E-state index contributed by atoms with van der Waals surface area (Å²) in [6, 6.07) is 3.27. The SMILES string of the molecule is CNCC1CC(Oc2cc(F)ccc2[N+](=O)[O-])C1. The number of halogens is 1. The van der Waals surface area contributed by atoms with Crippen LogP contribution in [0.25, 0.3) is 0 Å². The lowest BCUT2D eigenvalue weighted by molar-refractivity contribution is -0.386. The molecular formula is C12H15FN2O3. The van der Waals surface area contributed by atoms with Gasteiger partial charge in [0.25, 0.3) is 0 Å². The Morgan fingerprint density at radius 1 is 1.56 bits per heavy atom. The summed E-state index contributed by atoms with van der Waals surface area (Å²) in [6.45, 7) is 0.908. The number of hydrogen-bond acceptors (Lipinski definition) is 4. The molecule has 18 heavy (non-hydrogen) atoms. The molecule has 1 aromatic rings. The molecule has 6 heteroatoms. The van der Waals surface area contributed by atoms with E-state index in [0.29, 0.717) is 5.92 Å². The number of rotatable bonds is 5. The molecule has 0 saturated heterocycles. The number of nitro benzene ring substituents is 1. The maximum atomic E-state index is 13.1. The van der Waals surface area contributed by atoms with Gasteiger partial charge >= 0.3 is 5.69 Å². The van der Waals surface area contributed by atoms with Crippen LogP contribution in [0.15, 0.2) is 18.2 Å². The zero-order chi connectivity index (χ0) is 13.1. The minimum atomic E-state index is -0.557. The normalized spacial score (nSPS) is 22.3. The summed E-state index contributed by atoms with van der Waals surface area (Å²) in [5.74, 6) is 0.0298. The van der Waals surface area contributed by atoms with Crippen molar-refractivity contribution in [3.8, 4) is 5.75 Å². The van der Waals surface area contributed by atoms with Crippen molar-refractivity contribution in [1.82, 2.24) is 5.32 Å². The zero-order valence-corrected chi connectivity index (χ0v) is 10.1. The van der Waals surface area contributed by atoms with Crippen LogP contribution >= 0.6 is 0 Å². The molecule has 1 aliphatic rings. The lowest BCUT2D eigenvalue weighted by Crippen LogP contribution is -2.38. The Morgan fingerprint density at radius 3 is 2.89 bits per heavy atom. The quantitative estimate of drug-likeness (QED) is 0.645. The molecule has 0 atom stereocenters. The highest BCUT2D eigenvalue weighted by Gasteiger charge is 2.31. The average Bonchev–Trinajstić information content (AvgIpc) is 2.26. The van der Waals surface area contributed by atoms with Crippen LogP contribution in [0.2, 0.25) is 0 Å². The van der Waals surface area contributed by atoms with Crippen LogP contribution in [-0.4, -0.2) is 24.6 Å². The maximum absolute atomic E-state index is 13.1. The molecule has 2 rings (SSSR count). The molecule has 1 aromatic carbocycles. The van der Waals surface area contributed by atoms with Gasteiger partial charge in [-0.3, -0.25) is 10.1 Å². The Morgan fingerprint density at radius 2 is 2.28 bits per heavy atom. The van der Waals surface area contributed by atoms with E-state index in [4.69, 9.17) is 4.74 Å². The number of benzene rings is 1. The highest BCUT2D eigenvalue weighted by molar-refractivity contribution is 5.46. The van der Waals surface area contributed by atoms with E-state index >= 15 is 0 Å². The first-order valence-corrected chi connectivity index (χ1v) is 5.85. The van der Waals surface area contributed by atoms with Crippen LogP contribution in [0, 0.1) is 21.8 Å². The third kappa shape index (κ3) is 2.76. The number of nitro groups is 1. The predicted molar refractivity (Wildman–Crippen MR) is 64.1 cm³/mol. The van der Waals surface area contributed by atoms with Crippen molar-refractivity contribution in [3.05, 3.63) is 34.1 Å². The molecule has 1 fully saturated rings. The molecule has 0 amide bonds. The molecule has 0 aromatic heterocycles. The van der Waals surface area contributed by atoms with Crippen LogP contribution in [0.3, 0.4) is 0 Å². The lowest BCUT2D eigenvalue weighted by atomic mass is 9.82. The fourth-order valence-electron chi connectivity index (χ4n) is 2.14. The van der Waals surface area contributed by atoms with E-state index in [1.807, 2.05) is 7.05 Å². The van der Waals surface area contributed by atoms with E-state index in [1.54, 1.807) is 0 Å². The number of nitrogens with one attached hydrogen (secondary N) is 1. The summed E-state index contributed by atoms with van der Waals surface area (Å²) >= 11 is 0. The largest absolute Gasteiger partial charge is 0.483 e. The van der Waals surface area contributed by atoms with Gasteiger partial charge in [-0.2, -0.15) is 0 Å². The van der Waals surface area contributed by atoms with Gasteiger partial charge in [0.1, 0.15) is 5.82 Å². The Hall–Kier alpha value is -1.69. The van der Waals surface area contributed by atoms with Crippen molar-refractivity contribution in [2.24, 2.45) is 5.92 Å². The van der Waals surface area contributed by atoms with Crippen LogP contribution in [0.5, 0.6) is 5.75 Å². The molecule has 0 heterocycles. The second kappa shape index (κ2) is 5.30. The fourth-order valence-corrected chi connectivity index (χ4v) is 2.14. The maximum Gasteiger partial charge on any atom is 0.311 e. The zero-order valence-electron chi connectivity index (χ0n) is 10.1. The van der Waals surface area contributed by atoms with Gasteiger partial charge in [0, 0.05) is 12.1 Å². The monoisotopic (exact) mass is 254 g/mol. The van der Waals surface area contributed by atoms with Crippen LogP contribution in [0.1, 0.15) is 12.8 Å². The number of hydrogen-bond donors (Lipinski definition) is 1. The summed E-state index contributed by atoms with van der Waals surface area (Å²) < 4.78 is 18.6. The van der Waals surface area contributed by atoms with Gasteiger partial charge in [-0.1, -0.05) is 0 Å². The second-order valence-electron chi connectivity index (χ2n) is 4.50. The van der Waals surface area contributed by atoms with Gasteiger partial charge in [0.2, 0.25) is 0 Å². The Labute approximate surface area is 104 Å². The third-order valence-corrected chi connectivity index (χ3v) is 3.10. The summed E-state index contributed by atoms with van der Waals surface area (Å²) in [6.07, 6.45) is 1.63. The second-order valence-corrected chi connectivity index (χ2v) is 4.50. The summed E-state index contributed by atoms with van der Waals surface area (Å²) in [4.78, 5) is 10.2. The van der Waals surface area contributed by atoms with Crippen LogP contribution < -0.4 is 10.1 Å². The molecule has 0 radical (unpaired) electrons. The van der Waals surface area contributed by atoms with E-state index in [1.165, 1.54) is 0 Å².